The second-order valence-corrected chi connectivity index (χ2v) is 7.56. The van der Waals surface area contributed by atoms with Crippen molar-refractivity contribution in [3.8, 4) is 5.75 Å². The van der Waals surface area contributed by atoms with Crippen molar-refractivity contribution in [2.75, 3.05) is 11.1 Å². The molecular formula is C15H14F2N4O3S2. The van der Waals surface area contributed by atoms with Crippen molar-refractivity contribution < 1.29 is 23.1 Å². The number of nitrogens with zero attached hydrogens (tertiary/aromatic N) is 2. The maximum atomic E-state index is 12.1. The highest BCUT2D eigenvalue weighted by atomic mass is 32.2. The molecule has 0 radical (unpaired) electrons. The molecule has 1 aliphatic carbocycles. The van der Waals surface area contributed by atoms with E-state index in [-0.39, 0.29) is 17.1 Å². The summed E-state index contributed by atoms with van der Waals surface area (Å²) in [5.41, 5.74) is 0.164. The summed E-state index contributed by atoms with van der Waals surface area (Å²) in [5, 5.41) is 14.1. The molecule has 1 heterocycles. The predicted octanol–water partition coefficient (Wildman–Crippen LogP) is 2.76. The second kappa shape index (κ2) is 8.41. The number of thioether (sulfide) groups is 1. The van der Waals surface area contributed by atoms with Gasteiger partial charge in [0.2, 0.25) is 11.0 Å². The summed E-state index contributed by atoms with van der Waals surface area (Å²) >= 11 is 2.53. The van der Waals surface area contributed by atoms with Crippen LogP contribution in [0.3, 0.4) is 0 Å². The summed E-state index contributed by atoms with van der Waals surface area (Å²) in [5.74, 6) is -1.16. The Morgan fingerprint density at radius 3 is 2.65 bits per heavy atom. The molecule has 7 nitrogen and oxygen atoms in total. The maximum Gasteiger partial charge on any atom is 0.387 e. The van der Waals surface area contributed by atoms with Gasteiger partial charge in [-0.05, 0) is 37.1 Å². The minimum absolute atomic E-state index is 0.0103. The number of ether oxygens (including phenoxy) is 1. The number of aromatic nitrogens is 2. The molecule has 26 heavy (non-hydrogen) atoms. The molecule has 3 rings (SSSR count). The molecular weight excluding hydrogens is 386 g/mol. The lowest BCUT2D eigenvalue weighted by Crippen LogP contribution is -2.31. The van der Waals surface area contributed by atoms with E-state index in [0.717, 1.165) is 18.0 Å². The van der Waals surface area contributed by atoms with Gasteiger partial charge < -0.3 is 10.1 Å². The van der Waals surface area contributed by atoms with Gasteiger partial charge in [-0.25, -0.2) is 0 Å². The number of carbonyl (C=O) groups excluding carboxylic acids is 2. The zero-order chi connectivity index (χ0) is 18.5. The summed E-state index contributed by atoms with van der Waals surface area (Å²) in [6.07, 6.45) is 2.25. The van der Waals surface area contributed by atoms with Crippen molar-refractivity contribution in [2.24, 2.45) is 0 Å². The highest BCUT2D eigenvalue weighted by Gasteiger charge is 2.22. The fourth-order valence-electron chi connectivity index (χ4n) is 1.88. The first kappa shape index (κ1) is 18.5. The summed E-state index contributed by atoms with van der Waals surface area (Å²) < 4.78 is 29.0. The van der Waals surface area contributed by atoms with Crippen LogP contribution in [0.25, 0.3) is 0 Å². The molecule has 0 atom stereocenters. The lowest BCUT2D eigenvalue weighted by atomic mass is 10.2. The van der Waals surface area contributed by atoms with E-state index < -0.39 is 18.4 Å². The van der Waals surface area contributed by atoms with E-state index in [2.05, 4.69) is 25.6 Å². The SMILES string of the molecule is O=C(CSc1nnc(NC2CC2)s1)NC(=O)c1ccc(OC(F)F)cc1. The number of imide groups is 1. The van der Waals surface area contributed by atoms with E-state index in [1.807, 2.05) is 0 Å². The van der Waals surface area contributed by atoms with Gasteiger partial charge in [0.1, 0.15) is 5.75 Å². The zero-order valence-electron chi connectivity index (χ0n) is 13.3. The topological polar surface area (TPSA) is 93.2 Å². The van der Waals surface area contributed by atoms with E-state index in [0.29, 0.717) is 10.4 Å². The van der Waals surface area contributed by atoms with Crippen LogP contribution in [0.4, 0.5) is 13.9 Å². The zero-order valence-corrected chi connectivity index (χ0v) is 14.9. The number of hydrogen-bond acceptors (Lipinski definition) is 8. The fraction of sp³-hybridized carbons (Fsp3) is 0.333. The van der Waals surface area contributed by atoms with Crippen molar-refractivity contribution >= 4 is 40.0 Å². The molecule has 2 aromatic rings. The summed E-state index contributed by atoms with van der Waals surface area (Å²) in [6, 6.07) is 5.53. The number of alkyl halides is 2. The number of amides is 2. The number of halogens is 2. The predicted molar refractivity (Wildman–Crippen MR) is 92.8 cm³/mol. The highest BCUT2D eigenvalue weighted by Crippen LogP contribution is 2.30. The Kier molecular flexibility index (Phi) is 5.99. The Morgan fingerprint density at radius 1 is 1.27 bits per heavy atom. The van der Waals surface area contributed by atoms with Gasteiger partial charge in [-0.3, -0.25) is 14.9 Å². The monoisotopic (exact) mass is 400 g/mol. The van der Waals surface area contributed by atoms with Gasteiger partial charge in [0.05, 0.1) is 5.75 Å². The molecule has 1 saturated carbocycles. The van der Waals surface area contributed by atoms with E-state index >= 15 is 0 Å². The fourth-order valence-corrected chi connectivity index (χ4v) is 3.51. The molecule has 0 saturated heterocycles. The number of anilines is 1. The third-order valence-electron chi connectivity index (χ3n) is 3.23. The molecule has 0 aliphatic heterocycles. The average molecular weight is 400 g/mol. The first-order valence-electron chi connectivity index (χ1n) is 7.61. The van der Waals surface area contributed by atoms with Crippen LogP contribution in [0.15, 0.2) is 28.6 Å². The number of carbonyl (C=O) groups is 2. The molecule has 138 valence electrons. The van der Waals surface area contributed by atoms with Crippen LogP contribution in [0.5, 0.6) is 5.75 Å². The van der Waals surface area contributed by atoms with Crippen LogP contribution in [-0.2, 0) is 4.79 Å². The number of benzene rings is 1. The molecule has 2 amide bonds. The van der Waals surface area contributed by atoms with E-state index in [1.165, 1.54) is 47.4 Å². The minimum Gasteiger partial charge on any atom is -0.435 e. The van der Waals surface area contributed by atoms with Crippen LogP contribution in [-0.4, -0.2) is 40.4 Å². The quantitative estimate of drug-likeness (QED) is 0.658. The largest absolute Gasteiger partial charge is 0.435 e. The molecule has 11 heteroatoms. The molecule has 1 fully saturated rings. The van der Waals surface area contributed by atoms with Crippen molar-refractivity contribution in [3.05, 3.63) is 29.8 Å². The van der Waals surface area contributed by atoms with E-state index in [9.17, 15) is 18.4 Å². The molecule has 1 aromatic carbocycles. The van der Waals surface area contributed by atoms with Crippen molar-refractivity contribution in [3.63, 3.8) is 0 Å². The maximum absolute atomic E-state index is 12.1. The second-order valence-electron chi connectivity index (χ2n) is 5.36. The van der Waals surface area contributed by atoms with Gasteiger partial charge in [0.25, 0.3) is 5.91 Å². The molecule has 0 unspecified atom stereocenters. The Hall–Kier alpha value is -2.27. The Balaban J connectivity index is 1.44. The smallest absolute Gasteiger partial charge is 0.387 e. The Morgan fingerprint density at radius 2 is 2.00 bits per heavy atom. The summed E-state index contributed by atoms with van der Waals surface area (Å²) in [6.45, 7) is -2.94. The summed E-state index contributed by atoms with van der Waals surface area (Å²) in [4.78, 5) is 23.8. The van der Waals surface area contributed by atoms with Gasteiger partial charge in [-0.15, -0.1) is 10.2 Å². The van der Waals surface area contributed by atoms with Gasteiger partial charge in [0.15, 0.2) is 4.34 Å². The Labute approximate surface area is 155 Å². The normalized spacial score (nSPS) is 13.5. The average Bonchev–Trinajstić information content (AvgIpc) is 3.29. The number of rotatable bonds is 8. The van der Waals surface area contributed by atoms with Gasteiger partial charge in [-0.1, -0.05) is 23.1 Å². The van der Waals surface area contributed by atoms with Crippen molar-refractivity contribution in [1.29, 1.82) is 0 Å². The van der Waals surface area contributed by atoms with Crippen LogP contribution in [0.2, 0.25) is 0 Å². The van der Waals surface area contributed by atoms with Crippen molar-refractivity contribution in [2.45, 2.75) is 29.8 Å². The molecule has 2 N–H and O–H groups in total. The lowest BCUT2D eigenvalue weighted by molar-refractivity contribution is -0.117. The van der Waals surface area contributed by atoms with Crippen LogP contribution in [0.1, 0.15) is 23.2 Å². The first-order valence-corrected chi connectivity index (χ1v) is 9.41. The molecule has 0 spiro atoms. The van der Waals surface area contributed by atoms with E-state index in [1.54, 1.807) is 0 Å². The Bertz CT molecular complexity index is 781. The first-order chi connectivity index (χ1) is 12.5. The number of hydrogen-bond donors (Lipinski definition) is 2. The lowest BCUT2D eigenvalue weighted by Gasteiger charge is -2.06. The minimum atomic E-state index is -2.94. The standard InChI is InChI=1S/C15H14F2N4O3S2/c16-13(17)24-10-5-1-8(2-6-10)12(23)19-11(22)7-25-15-21-20-14(26-15)18-9-3-4-9/h1-2,5-6,9,13H,3-4,7H2,(H,18,20)(H,19,22,23). The third kappa shape index (κ3) is 5.63. The molecule has 0 bridgehead atoms. The summed E-state index contributed by atoms with van der Waals surface area (Å²) in [7, 11) is 0. The third-order valence-corrected chi connectivity index (χ3v) is 5.22. The number of nitrogens with one attached hydrogen (secondary N) is 2. The van der Waals surface area contributed by atoms with Gasteiger partial charge in [0, 0.05) is 11.6 Å². The van der Waals surface area contributed by atoms with Gasteiger partial charge >= 0.3 is 6.61 Å². The van der Waals surface area contributed by atoms with Crippen molar-refractivity contribution in [1.82, 2.24) is 15.5 Å². The van der Waals surface area contributed by atoms with Crippen LogP contribution < -0.4 is 15.4 Å². The van der Waals surface area contributed by atoms with Crippen LogP contribution >= 0.6 is 23.1 Å². The van der Waals surface area contributed by atoms with Crippen LogP contribution in [0, 0.1) is 0 Å². The van der Waals surface area contributed by atoms with Gasteiger partial charge in [-0.2, -0.15) is 8.78 Å². The van der Waals surface area contributed by atoms with E-state index in [4.69, 9.17) is 0 Å². The highest BCUT2D eigenvalue weighted by molar-refractivity contribution is 8.01. The molecule has 1 aromatic heterocycles. The molecule has 1 aliphatic rings.